The third-order valence-corrected chi connectivity index (χ3v) is 13.4. The second-order valence-corrected chi connectivity index (χ2v) is 18.5. The lowest BCUT2D eigenvalue weighted by atomic mass is 9.83. The van der Waals surface area contributed by atoms with E-state index in [1.54, 1.807) is 12.4 Å². The second kappa shape index (κ2) is 11.5. The van der Waals surface area contributed by atoms with E-state index >= 15 is 0 Å². The summed E-state index contributed by atoms with van der Waals surface area (Å²) in [5, 5.41) is 16.9. The minimum absolute atomic E-state index is 0.0982. The molecule has 0 bridgehead atoms. The van der Waals surface area contributed by atoms with Crippen molar-refractivity contribution in [1.82, 2.24) is 19.9 Å². The van der Waals surface area contributed by atoms with Crippen molar-refractivity contribution < 1.29 is 13.6 Å². The van der Waals surface area contributed by atoms with Crippen molar-refractivity contribution in [3.63, 3.8) is 0 Å². The van der Waals surface area contributed by atoms with E-state index in [2.05, 4.69) is 73.5 Å². The largest absolute Gasteiger partial charge is 0.468 e. The Bertz CT molecular complexity index is 1550. The number of nitriles is 1. The number of likely N-dealkylation sites (tertiary alicyclic amines) is 1. The van der Waals surface area contributed by atoms with Crippen molar-refractivity contribution in [2.75, 3.05) is 43.9 Å². The third-order valence-electron chi connectivity index (χ3n) is 8.95. The van der Waals surface area contributed by atoms with Crippen LogP contribution in [0, 0.1) is 18.3 Å². The molecule has 1 saturated heterocycles. The lowest BCUT2D eigenvalue weighted by molar-refractivity contribution is 0.134. The predicted octanol–water partition coefficient (Wildman–Crippen LogP) is 6.20. The van der Waals surface area contributed by atoms with E-state index in [-0.39, 0.29) is 10.5 Å². The number of fused-ring (bicyclic) bond motifs is 1. The normalized spacial score (nSPS) is 22.1. The number of aromatic nitrogens is 3. The van der Waals surface area contributed by atoms with Crippen molar-refractivity contribution in [2.45, 2.75) is 70.4 Å². The highest BCUT2D eigenvalue weighted by molar-refractivity contribution is 6.74. The van der Waals surface area contributed by atoms with E-state index in [0.29, 0.717) is 55.0 Å². The van der Waals surface area contributed by atoms with Gasteiger partial charge in [-0.15, -0.1) is 0 Å². The van der Waals surface area contributed by atoms with Gasteiger partial charge >= 0.3 is 0 Å². The summed E-state index contributed by atoms with van der Waals surface area (Å²) in [5.41, 5.74) is 5.13. The fourth-order valence-corrected chi connectivity index (χ4v) is 6.33. The van der Waals surface area contributed by atoms with E-state index in [1.165, 1.54) is 0 Å². The highest BCUT2D eigenvalue weighted by atomic mass is 28.4. The highest BCUT2D eigenvalue weighted by Gasteiger charge is 2.42. The van der Waals surface area contributed by atoms with Gasteiger partial charge < -0.3 is 19.8 Å². The fraction of sp³-hybridized carbons (Fsp3) is 0.500. The van der Waals surface area contributed by atoms with Crippen LogP contribution in [0.1, 0.15) is 44.4 Å². The molecule has 43 heavy (non-hydrogen) atoms. The molecule has 9 nitrogen and oxygen atoms in total. The molecule has 0 radical (unpaired) electrons. The summed E-state index contributed by atoms with van der Waals surface area (Å²) in [6, 6.07) is 10.0. The van der Waals surface area contributed by atoms with Crippen molar-refractivity contribution in [1.29, 1.82) is 5.26 Å². The number of nitrogens with zero attached hydrogens (tertiary/aromatic N) is 5. The molecule has 3 aromatic rings. The predicted molar refractivity (Wildman–Crippen MR) is 170 cm³/mol. The first-order valence-corrected chi connectivity index (χ1v) is 17.6. The van der Waals surface area contributed by atoms with E-state index < -0.39 is 20.6 Å². The summed E-state index contributed by atoms with van der Waals surface area (Å²) in [7, 11) is -0.104. The van der Waals surface area contributed by atoms with E-state index in [9.17, 15) is 9.65 Å². The Morgan fingerprint density at radius 2 is 2.00 bits per heavy atom. The van der Waals surface area contributed by atoms with Gasteiger partial charge in [-0.1, -0.05) is 27.7 Å². The van der Waals surface area contributed by atoms with Crippen LogP contribution in [0.2, 0.25) is 18.1 Å². The number of likely N-dealkylation sites (N-methyl/N-ethyl adjacent to an activating group) is 1. The molecule has 0 amide bonds. The van der Waals surface area contributed by atoms with E-state index in [4.69, 9.17) is 14.1 Å². The summed E-state index contributed by atoms with van der Waals surface area (Å²) < 4.78 is 27.2. The molecule has 228 valence electrons. The molecule has 2 aliphatic heterocycles. The zero-order valence-electron chi connectivity index (χ0n) is 26.4. The van der Waals surface area contributed by atoms with Gasteiger partial charge in [0.1, 0.15) is 17.9 Å². The van der Waals surface area contributed by atoms with Gasteiger partial charge in [0.15, 0.2) is 14.5 Å². The number of hydrogen-bond acceptors (Lipinski definition) is 9. The van der Waals surface area contributed by atoms with Crippen LogP contribution in [-0.4, -0.2) is 73.7 Å². The summed E-state index contributed by atoms with van der Waals surface area (Å²) >= 11 is 0. The average Bonchev–Trinajstić information content (AvgIpc) is 3.45. The number of halogens is 1. The maximum Gasteiger partial charge on any atom is 0.238 e. The maximum absolute atomic E-state index is 14.5. The summed E-state index contributed by atoms with van der Waals surface area (Å²) in [5.74, 6) is 0.645. The molecule has 0 saturated carbocycles. The fourth-order valence-electron chi connectivity index (χ4n) is 5.21. The van der Waals surface area contributed by atoms with Crippen molar-refractivity contribution in [2.24, 2.45) is 0 Å². The first-order chi connectivity index (χ1) is 20.2. The topological polar surface area (TPSA) is 108 Å². The van der Waals surface area contributed by atoms with Crippen LogP contribution >= 0.6 is 0 Å². The quantitative estimate of drug-likeness (QED) is 0.291. The number of benzene rings is 1. The molecule has 11 heteroatoms. The van der Waals surface area contributed by atoms with Crippen molar-refractivity contribution >= 4 is 25.6 Å². The molecular weight excluding hydrogens is 561 g/mol. The van der Waals surface area contributed by atoms with Crippen LogP contribution in [-0.2, 0) is 9.84 Å². The molecule has 2 aliphatic rings. The van der Waals surface area contributed by atoms with Crippen molar-refractivity contribution in [3.8, 4) is 23.2 Å². The van der Waals surface area contributed by atoms with Gasteiger partial charge in [-0.3, -0.25) is 4.90 Å². The molecule has 0 spiro atoms. The molecular formula is C32H42FN7O2Si. The lowest BCUT2D eigenvalue weighted by Crippen LogP contribution is -2.45. The number of alkyl halides is 1. The first kappa shape index (κ1) is 30.9. The summed E-state index contributed by atoms with van der Waals surface area (Å²) in [6.45, 7) is 17.4. The molecule has 1 aromatic carbocycles. The van der Waals surface area contributed by atoms with E-state index in [1.807, 2.05) is 37.1 Å². The molecule has 5 rings (SSSR count). The molecule has 2 N–H and O–H groups in total. The summed E-state index contributed by atoms with van der Waals surface area (Å²) in [4.78, 5) is 15.6. The lowest BCUT2D eigenvalue weighted by Gasteiger charge is -2.39. The Hall–Kier alpha value is -3.59. The standard InChI is InChI=1S/C32H42FN7O2Si/c1-20-11-26(29(36-15-20)42-27-17-40(6)16-24(27)33)39-30-35-10-9-25(38-30)21-12-22(14-34)28-23(13-21)32(5,18-37-28)19-41-43(7,8)31(2,3)4/h9-13,15,24,27,37H,16-19H2,1-8H3,(H,35,38,39)/t24?,27?,32-/m1/s1. The number of rotatable bonds is 8. The highest BCUT2D eigenvalue weighted by Crippen LogP contribution is 2.44. The number of nitrogens with one attached hydrogen (secondary N) is 2. The zero-order chi connectivity index (χ0) is 31.2. The second-order valence-electron chi connectivity index (χ2n) is 13.7. The van der Waals surface area contributed by atoms with Crippen LogP contribution in [0.25, 0.3) is 11.3 Å². The number of aryl methyl sites for hydroxylation is 1. The van der Waals surface area contributed by atoms with Crippen LogP contribution in [0.15, 0.2) is 36.7 Å². The Morgan fingerprint density at radius 1 is 1.23 bits per heavy atom. The van der Waals surface area contributed by atoms with Crippen molar-refractivity contribution in [3.05, 3.63) is 53.3 Å². The summed E-state index contributed by atoms with van der Waals surface area (Å²) in [6.07, 6.45) is 1.67. The monoisotopic (exact) mass is 603 g/mol. The SMILES string of the molecule is Cc1cnc(OC2CN(C)CC2F)c(Nc2nccc(-c3cc(C#N)c4c(c3)[C@@](C)(CO[Si](C)(C)C(C)(C)C)CN4)n2)c1. The average molecular weight is 604 g/mol. The molecule has 2 unspecified atom stereocenters. The number of hydrogen-bond donors (Lipinski definition) is 2. The molecule has 0 aliphatic carbocycles. The van der Waals surface area contributed by atoms with Crippen LogP contribution in [0.5, 0.6) is 5.88 Å². The zero-order valence-corrected chi connectivity index (χ0v) is 27.4. The minimum Gasteiger partial charge on any atom is -0.468 e. The van der Waals surface area contributed by atoms with Gasteiger partial charge in [-0.2, -0.15) is 5.26 Å². The van der Waals surface area contributed by atoms with Gasteiger partial charge in [0.05, 0.1) is 16.9 Å². The van der Waals surface area contributed by atoms with Gasteiger partial charge in [0.2, 0.25) is 11.8 Å². The van der Waals surface area contributed by atoms with Gasteiger partial charge in [-0.25, -0.2) is 19.3 Å². The number of pyridine rings is 1. The molecule has 1 fully saturated rings. The Balaban J connectivity index is 1.43. The van der Waals surface area contributed by atoms with Gasteiger partial charge in [0.25, 0.3) is 0 Å². The van der Waals surface area contributed by atoms with Crippen LogP contribution in [0.4, 0.5) is 21.7 Å². The molecule has 3 atom stereocenters. The van der Waals surface area contributed by atoms with Gasteiger partial charge in [-0.05, 0) is 67.5 Å². The number of ether oxygens (including phenoxy) is 1. The minimum atomic E-state index is -1.97. The first-order valence-electron chi connectivity index (χ1n) is 14.7. The number of anilines is 3. The third kappa shape index (κ3) is 6.37. The maximum atomic E-state index is 14.5. The molecule has 2 aromatic heterocycles. The van der Waals surface area contributed by atoms with Gasteiger partial charge in [0, 0.05) is 49.6 Å². The molecule has 4 heterocycles. The Morgan fingerprint density at radius 3 is 2.67 bits per heavy atom. The van der Waals surface area contributed by atoms with E-state index in [0.717, 1.165) is 22.4 Å². The Labute approximate surface area is 255 Å². The Kier molecular flexibility index (Phi) is 8.24. The smallest absolute Gasteiger partial charge is 0.238 e. The van der Waals surface area contributed by atoms with Crippen LogP contribution in [0.3, 0.4) is 0 Å². The van der Waals surface area contributed by atoms with Crippen LogP contribution < -0.4 is 15.4 Å².